The third-order valence-corrected chi connectivity index (χ3v) is 6.88. The zero-order valence-electron chi connectivity index (χ0n) is 16.1. The smallest absolute Gasteiger partial charge is 0.341 e. The number of anilines is 1. The number of likely N-dealkylation sites (N-methyl/N-ethyl adjacent to an activating group) is 1. The van der Waals surface area contributed by atoms with Gasteiger partial charge in [0, 0.05) is 42.3 Å². The molecule has 7 heteroatoms. The molecule has 1 aromatic heterocycles. The predicted molar refractivity (Wildman–Crippen MR) is 105 cm³/mol. The van der Waals surface area contributed by atoms with E-state index in [1.807, 2.05) is 11.6 Å². The molecule has 2 heterocycles. The van der Waals surface area contributed by atoms with E-state index in [-0.39, 0.29) is 28.0 Å². The Morgan fingerprint density at radius 1 is 1.36 bits per heavy atom. The van der Waals surface area contributed by atoms with Gasteiger partial charge in [-0.05, 0) is 45.7 Å². The van der Waals surface area contributed by atoms with Crippen LogP contribution in [0.4, 0.5) is 10.1 Å². The van der Waals surface area contributed by atoms with E-state index in [1.165, 1.54) is 6.20 Å². The van der Waals surface area contributed by atoms with Gasteiger partial charge in [-0.25, -0.2) is 9.18 Å². The molecule has 2 N–H and O–H groups in total. The summed E-state index contributed by atoms with van der Waals surface area (Å²) in [6.45, 7) is 3.13. The molecular weight excluding hydrogens is 361 g/mol. The molecule has 3 fully saturated rings. The number of fused-ring (bicyclic) bond motifs is 1. The number of hydrogen-bond acceptors (Lipinski definition) is 4. The van der Waals surface area contributed by atoms with E-state index in [1.54, 1.807) is 13.0 Å². The molecule has 1 spiro atoms. The minimum Gasteiger partial charge on any atom is -0.477 e. The van der Waals surface area contributed by atoms with Crippen LogP contribution in [0.1, 0.15) is 47.6 Å². The zero-order chi connectivity index (χ0) is 19.8. The normalized spacial score (nSPS) is 23.0. The van der Waals surface area contributed by atoms with Crippen LogP contribution >= 0.6 is 0 Å². The molecule has 148 valence electrons. The fraction of sp³-hybridized carbons (Fsp3) is 0.524. The molecule has 28 heavy (non-hydrogen) atoms. The van der Waals surface area contributed by atoms with Gasteiger partial charge in [0.15, 0.2) is 0 Å². The first-order chi connectivity index (χ1) is 13.4. The molecule has 6 nitrogen and oxygen atoms in total. The Hall–Kier alpha value is -2.41. The van der Waals surface area contributed by atoms with Gasteiger partial charge in [0.05, 0.1) is 16.6 Å². The first kappa shape index (κ1) is 17.7. The Morgan fingerprint density at radius 3 is 2.61 bits per heavy atom. The van der Waals surface area contributed by atoms with Gasteiger partial charge < -0.3 is 19.9 Å². The lowest BCUT2D eigenvalue weighted by Gasteiger charge is -2.23. The fourth-order valence-electron chi connectivity index (χ4n) is 4.91. The van der Waals surface area contributed by atoms with Crippen LogP contribution in [-0.2, 0) is 0 Å². The summed E-state index contributed by atoms with van der Waals surface area (Å²) in [6.07, 6.45) is 5.62. The molecule has 1 aromatic carbocycles. The van der Waals surface area contributed by atoms with E-state index >= 15 is 4.39 Å². The van der Waals surface area contributed by atoms with Crippen molar-refractivity contribution in [3.63, 3.8) is 0 Å². The SMILES string of the molecule is CN[C@@H]1CN(c2cc3c(c(C)c2F)c(=O)c(C(=O)O)cn3C2CC2)CC12CC2. The van der Waals surface area contributed by atoms with E-state index in [4.69, 9.17) is 0 Å². The van der Waals surface area contributed by atoms with Crippen LogP contribution in [-0.4, -0.2) is 41.8 Å². The molecular formula is C21H24FN3O3. The summed E-state index contributed by atoms with van der Waals surface area (Å²) in [5, 5.41) is 13.0. The Bertz CT molecular complexity index is 1070. The third kappa shape index (κ3) is 2.42. The number of nitrogens with one attached hydrogen (secondary N) is 1. The molecule has 1 saturated heterocycles. The number of carbonyl (C=O) groups is 1. The molecule has 0 radical (unpaired) electrons. The van der Waals surface area contributed by atoms with Crippen molar-refractivity contribution < 1.29 is 14.3 Å². The van der Waals surface area contributed by atoms with Gasteiger partial charge in [0.25, 0.3) is 0 Å². The molecule has 1 aliphatic heterocycles. The number of benzene rings is 1. The van der Waals surface area contributed by atoms with Crippen LogP contribution in [0.15, 0.2) is 17.1 Å². The summed E-state index contributed by atoms with van der Waals surface area (Å²) in [4.78, 5) is 26.4. The predicted octanol–water partition coefficient (Wildman–Crippen LogP) is 2.67. The summed E-state index contributed by atoms with van der Waals surface area (Å²) >= 11 is 0. The monoisotopic (exact) mass is 385 g/mol. The highest BCUT2D eigenvalue weighted by atomic mass is 19.1. The first-order valence-corrected chi connectivity index (χ1v) is 9.90. The topological polar surface area (TPSA) is 74.6 Å². The van der Waals surface area contributed by atoms with Crippen LogP contribution in [0, 0.1) is 18.2 Å². The van der Waals surface area contributed by atoms with E-state index in [0.717, 1.165) is 38.8 Å². The standard InChI is InChI=1S/C21H24FN3O3/c1-11-17-14(25(12-3-4-12)8-13(19(17)26)20(27)28)7-15(18(11)22)24-9-16(23-2)21(10-24)5-6-21/h7-8,12,16,23H,3-6,9-10H2,1-2H3,(H,27,28)/t16-/m1/s1. The van der Waals surface area contributed by atoms with Crippen LogP contribution in [0.2, 0.25) is 0 Å². The summed E-state index contributed by atoms with van der Waals surface area (Å²) in [6, 6.07) is 2.28. The van der Waals surface area contributed by atoms with Crippen molar-refractivity contribution in [2.24, 2.45) is 5.41 Å². The van der Waals surface area contributed by atoms with Crippen LogP contribution in [0.25, 0.3) is 10.9 Å². The lowest BCUT2D eigenvalue weighted by molar-refractivity contribution is 0.0695. The van der Waals surface area contributed by atoms with Crippen molar-refractivity contribution in [2.75, 3.05) is 25.0 Å². The molecule has 0 unspecified atom stereocenters. The van der Waals surface area contributed by atoms with Crippen molar-refractivity contribution in [3.05, 3.63) is 39.4 Å². The Balaban J connectivity index is 1.72. The number of hydrogen-bond donors (Lipinski definition) is 2. The number of carboxylic acid groups (broad SMARTS) is 1. The van der Waals surface area contributed by atoms with Gasteiger partial charge in [-0.2, -0.15) is 0 Å². The number of carboxylic acids is 1. The van der Waals surface area contributed by atoms with Crippen molar-refractivity contribution in [1.82, 2.24) is 9.88 Å². The zero-order valence-corrected chi connectivity index (χ0v) is 16.1. The molecule has 2 aliphatic carbocycles. The average Bonchev–Trinajstić information content (AvgIpc) is 3.56. The summed E-state index contributed by atoms with van der Waals surface area (Å²) in [5.41, 5.74) is 0.745. The lowest BCUT2D eigenvalue weighted by atomic mass is 10.0. The van der Waals surface area contributed by atoms with Crippen molar-refractivity contribution in [3.8, 4) is 0 Å². The number of halogens is 1. The second-order valence-electron chi connectivity index (χ2n) is 8.63. The van der Waals surface area contributed by atoms with Gasteiger partial charge in [-0.1, -0.05) is 0 Å². The van der Waals surface area contributed by atoms with Crippen LogP contribution in [0.5, 0.6) is 0 Å². The van der Waals surface area contributed by atoms with Crippen molar-refractivity contribution in [1.29, 1.82) is 0 Å². The third-order valence-electron chi connectivity index (χ3n) is 6.88. The summed E-state index contributed by atoms with van der Waals surface area (Å²) < 4.78 is 17.3. The summed E-state index contributed by atoms with van der Waals surface area (Å²) in [7, 11) is 1.95. The highest BCUT2D eigenvalue weighted by Crippen LogP contribution is 2.54. The van der Waals surface area contributed by atoms with Gasteiger partial charge in [0.1, 0.15) is 11.4 Å². The molecule has 0 bridgehead atoms. The quantitative estimate of drug-likeness (QED) is 0.847. The minimum atomic E-state index is -1.27. The van der Waals surface area contributed by atoms with Gasteiger partial charge in [-0.3, -0.25) is 4.79 Å². The van der Waals surface area contributed by atoms with Crippen LogP contribution in [0.3, 0.4) is 0 Å². The van der Waals surface area contributed by atoms with Gasteiger partial charge in [0.2, 0.25) is 5.43 Å². The molecule has 1 atom stereocenters. The fourth-order valence-corrected chi connectivity index (χ4v) is 4.91. The van der Waals surface area contributed by atoms with Crippen molar-refractivity contribution in [2.45, 2.75) is 44.7 Å². The number of nitrogens with zero attached hydrogens (tertiary/aromatic N) is 2. The van der Waals surface area contributed by atoms with Crippen molar-refractivity contribution >= 4 is 22.6 Å². The number of aromatic nitrogens is 1. The van der Waals surface area contributed by atoms with Gasteiger partial charge in [-0.15, -0.1) is 0 Å². The molecule has 5 rings (SSSR count). The Kier molecular flexibility index (Phi) is 3.66. The largest absolute Gasteiger partial charge is 0.477 e. The Morgan fingerprint density at radius 2 is 2.07 bits per heavy atom. The molecule has 3 aliphatic rings. The first-order valence-electron chi connectivity index (χ1n) is 9.90. The number of rotatable bonds is 4. The maximum Gasteiger partial charge on any atom is 0.341 e. The Labute approximate surface area is 161 Å². The number of pyridine rings is 1. The van der Waals surface area contributed by atoms with Gasteiger partial charge >= 0.3 is 5.97 Å². The maximum atomic E-state index is 15.4. The second-order valence-corrected chi connectivity index (χ2v) is 8.63. The highest BCUT2D eigenvalue weighted by Gasteiger charge is 2.54. The number of aromatic carboxylic acids is 1. The van der Waals surface area contributed by atoms with Crippen LogP contribution < -0.4 is 15.6 Å². The van der Waals surface area contributed by atoms with E-state index < -0.39 is 17.2 Å². The van der Waals surface area contributed by atoms with E-state index in [2.05, 4.69) is 10.2 Å². The maximum absolute atomic E-state index is 15.4. The van der Waals surface area contributed by atoms with E-state index in [9.17, 15) is 14.7 Å². The average molecular weight is 385 g/mol. The molecule has 2 saturated carbocycles. The lowest BCUT2D eigenvalue weighted by Crippen LogP contribution is -2.34. The minimum absolute atomic E-state index is 0.178. The molecule has 2 aromatic rings. The summed E-state index contributed by atoms with van der Waals surface area (Å²) in [5.74, 6) is -1.68. The number of aryl methyl sites for hydroxylation is 1. The van der Waals surface area contributed by atoms with E-state index in [0.29, 0.717) is 17.2 Å². The molecule has 0 amide bonds. The highest BCUT2D eigenvalue weighted by molar-refractivity contribution is 5.95. The second kappa shape index (κ2) is 5.80.